The Kier molecular flexibility index (Phi) is 2.73. The van der Waals surface area contributed by atoms with Crippen molar-refractivity contribution in [1.82, 2.24) is 4.98 Å². The molecular formula is C9H7Cl2N3S. The summed E-state index contributed by atoms with van der Waals surface area (Å²) in [7, 11) is 0. The lowest BCUT2D eigenvalue weighted by molar-refractivity contribution is 1.43. The van der Waals surface area contributed by atoms with Gasteiger partial charge in [0.25, 0.3) is 0 Å². The predicted molar refractivity (Wildman–Crippen MR) is 66.4 cm³/mol. The van der Waals surface area contributed by atoms with Crippen molar-refractivity contribution in [3.8, 4) is 10.4 Å². The fourth-order valence-electron chi connectivity index (χ4n) is 1.22. The molecule has 2 rings (SSSR count). The minimum atomic E-state index is 0.390. The number of nitrogen functional groups attached to an aromatic ring is 2. The Hall–Kier alpha value is -0.970. The van der Waals surface area contributed by atoms with Gasteiger partial charge in [-0.1, -0.05) is 40.6 Å². The van der Waals surface area contributed by atoms with Gasteiger partial charge in [-0.15, -0.1) is 0 Å². The third kappa shape index (κ3) is 2.02. The van der Waals surface area contributed by atoms with Gasteiger partial charge in [0.05, 0.1) is 9.90 Å². The first-order valence-corrected chi connectivity index (χ1v) is 5.62. The number of hydrogen-bond acceptors (Lipinski definition) is 4. The van der Waals surface area contributed by atoms with Crippen molar-refractivity contribution in [3.63, 3.8) is 0 Å². The normalized spacial score (nSPS) is 10.5. The van der Waals surface area contributed by atoms with Gasteiger partial charge in [-0.3, -0.25) is 0 Å². The van der Waals surface area contributed by atoms with Crippen LogP contribution >= 0.6 is 34.5 Å². The standard InChI is InChI=1S/C9H7Cl2N3S/c10-4-1-2-5(6(11)3-4)7-8(12)14-9(13)15-7/h1-3H,12H2,(H2,13,14). The lowest BCUT2D eigenvalue weighted by Crippen LogP contribution is -1.88. The van der Waals surface area contributed by atoms with Crippen LogP contribution in [-0.2, 0) is 0 Å². The Labute approximate surface area is 101 Å². The molecule has 78 valence electrons. The quantitative estimate of drug-likeness (QED) is 0.826. The first-order chi connectivity index (χ1) is 7.08. The zero-order valence-electron chi connectivity index (χ0n) is 7.50. The van der Waals surface area contributed by atoms with Crippen LogP contribution in [0.3, 0.4) is 0 Å². The number of rotatable bonds is 1. The minimum Gasteiger partial charge on any atom is -0.382 e. The largest absolute Gasteiger partial charge is 0.382 e. The van der Waals surface area contributed by atoms with Crippen LogP contribution in [0.25, 0.3) is 10.4 Å². The van der Waals surface area contributed by atoms with E-state index < -0.39 is 0 Å². The van der Waals surface area contributed by atoms with E-state index in [-0.39, 0.29) is 0 Å². The van der Waals surface area contributed by atoms with E-state index in [4.69, 9.17) is 34.7 Å². The number of benzene rings is 1. The molecule has 0 aliphatic rings. The first kappa shape index (κ1) is 10.5. The molecule has 6 heteroatoms. The summed E-state index contributed by atoms with van der Waals surface area (Å²) < 4.78 is 0. The number of anilines is 2. The highest BCUT2D eigenvalue weighted by molar-refractivity contribution is 7.19. The Morgan fingerprint density at radius 2 is 1.93 bits per heavy atom. The monoisotopic (exact) mass is 259 g/mol. The maximum atomic E-state index is 6.04. The van der Waals surface area contributed by atoms with E-state index in [2.05, 4.69) is 4.98 Å². The summed E-state index contributed by atoms with van der Waals surface area (Å²) >= 11 is 13.1. The van der Waals surface area contributed by atoms with Crippen LogP contribution < -0.4 is 11.5 Å². The number of hydrogen-bond donors (Lipinski definition) is 2. The number of halogens is 2. The molecule has 0 aliphatic carbocycles. The van der Waals surface area contributed by atoms with Crippen molar-refractivity contribution in [2.45, 2.75) is 0 Å². The summed E-state index contributed by atoms with van der Waals surface area (Å²) in [5, 5.41) is 1.55. The van der Waals surface area contributed by atoms with Gasteiger partial charge in [-0.05, 0) is 12.1 Å². The molecule has 1 heterocycles. The third-order valence-corrected chi connectivity index (χ3v) is 3.33. The minimum absolute atomic E-state index is 0.390. The van der Waals surface area contributed by atoms with E-state index in [9.17, 15) is 0 Å². The average Bonchev–Trinajstić information content (AvgIpc) is 2.45. The SMILES string of the molecule is Nc1nc(N)c(-c2ccc(Cl)cc2Cl)s1. The topological polar surface area (TPSA) is 64.9 Å². The fourth-order valence-corrected chi connectivity index (χ4v) is 2.57. The zero-order chi connectivity index (χ0) is 11.0. The average molecular weight is 260 g/mol. The van der Waals surface area contributed by atoms with Crippen molar-refractivity contribution in [3.05, 3.63) is 28.2 Å². The van der Waals surface area contributed by atoms with Gasteiger partial charge < -0.3 is 11.5 Å². The molecule has 0 spiro atoms. The van der Waals surface area contributed by atoms with Crippen molar-refractivity contribution >= 4 is 45.5 Å². The van der Waals surface area contributed by atoms with Gasteiger partial charge in [0.1, 0.15) is 5.82 Å². The highest BCUT2D eigenvalue weighted by atomic mass is 35.5. The molecule has 2 aromatic rings. The van der Waals surface area contributed by atoms with E-state index >= 15 is 0 Å². The van der Waals surface area contributed by atoms with Gasteiger partial charge in [0.15, 0.2) is 5.13 Å². The van der Waals surface area contributed by atoms with Crippen molar-refractivity contribution in [1.29, 1.82) is 0 Å². The van der Waals surface area contributed by atoms with Crippen LogP contribution in [0, 0.1) is 0 Å². The maximum absolute atomic E-state index is 6.04. The molecule has 0 unspecified atom stereocenters. The summed E-state index contributed by atoms with van der Waals surface area (Å²) in [5.41, 5.74) is 12.1. The molecular weight excluding hydrogens is 253 g/mol. The molecule has 0 bridgehead atoms. The lowest BCUT2D eigenvalue weighted by Gasteiger charge is -2.01. The van der Waals surface area contributed by atoms with Crippen LogP contribution in [0.1, 0.15) is 0 Å². The molecule has 0 fully saturated rings. The summed E-state index contributed by atoms with van der Waals surface area (Å²) in [6, 6.07) is 5.21. The zero-order valence-corrected chi connectivity index (χ0v) is 9.83. The van der Waals surface area contributed by atoms with E-state index in [0.29, 0.717) is 21.0 Å². The van der Waals surface area contributed by atoms with Crippen LogP contribution in [0.2, 0.25) is 10.0 Å². The summed E-state index contributed by atoms with van der Waals surface area (Å²) in [4.78, 5) is 4.71. The number of aromatic nitrogens is 1. The Bertz CT molecular complexity index is 510. The molecule has 0 saturated heterocycles. The molecule has 0 aliphatic heterocycles. The molecule has 0 atom stereocenters. The van der Waals surface area contributed by atoms with Gasteiger partial charge in [0, 0.05) is 10.6 Å². The van der Waals surface area contributed by atoms with Crippen LogP contribution in [0.15, 0.2) is 18.2 Å². The highest BCUT2D eigenvalue weighted by Gasteiger charge is 2.12. The molecule has 1 aromatic heterocycles. The first-order valence-electron chi connectivity index (χ1n) is 4.05. The van der Waals surface area contributed by atoms with Crippen molar-refractivity contribution in [2.75, 3.05) is 11.5 Å². The van der Waals surface area contributed by atoms with Gasteiger partial charge in [0.2, 0.25) is 0 Å². The smallest absolute Gasteiger partial charge is 0.182 e. The summed E-state index contributed by atoms with van der Waals surface area (Å²) in [5.74, 6) is 0.390. The van der Waals surface area contributed by atoms with E-state index in [1.54, 1.807) is 18.2 Å². The fraction of sp³-hybridized carbons (Fsp3) is 0. The van der Waals surface area contributed by atoms with Crippen LogP contribution in [0.5, 0.6) is 0 Å². The second-order valence-electron chi connectivity index (χ2n) is 2.89. The molecule has 0 saturated carbocycles. The number of nitrogens with zero attached hydrogens (tertiary/aromatic N) is 1. The molecule has 15 heavy (non-hydrogen) atoms. The highest BCUT2D eigenvalue weighted by Crippen LogP contribution is 2.38. The number of thiazole rings is 1. The Morgan fingerprint density at radius 3 is 2.47 bits per heavy atom. The van der Waals surface area contributed by atoms with E-state index in [0.717, 1.165) is 10.4 Å². The second-order valence-corrected chi connectivity index (χ2v) is 4.76. The lowest BCUT2D eigenvalue weighted by atomic mass is 10.2. The van der Waals surface area contributed by atoms with Crippen LogP contribution in [0.4, 0.5) is 10.9 Å². The van der Waals surface area contributed by atoms with Crippen LogP contribution in [-0.4, -0.2) is 4.98 Å². The maximum Gasteiger partial charge on any atom is 0.182 e. The van der Waals surface area contributed by atoms with Gasteiger partial charge >= 0.3 is 0 Å². The van der Waals surface area contributed by atoms with Gasteiger partial charge in [-0.2, -0.15) is 0 Å². The predicted octanol–water partition coefficient (Wildman–Crippen LogP) is 3.28. The van der Waals surface area contributed by atoms with Crippen molar-refractivity contribution in [2.24, 2.45) is 0 Å². The Morgan fingerprint density at radius 1 is 1.20 bits per heavy atom. The second kappa shape index (κ2) is 3.89. The molecule has 4 N–H and O–H groups in total. The van der Waals surface area contributed by atoms with E-state index in [1.807, 2.05) is 0 Å². The van der Waals surface area contributed by atoms with E-state index in [1.165, 1.54) is 11.3 Å². The summed E-state index contributed by atoms with van der Waals surface area (Å²) in [6.07, 6.45) is 0. The Balaban J connectivity index is 2.59. The summed E-state index contributed by atoms with van der Waals surface area (Å²) in [6.45, 7) is 0. The molecule has 0 radical (unpaired) electrons. The molecule has 0 amide bonds. The van der Waals surface area contributed by atoms with Gasteiger partial charge in [-0.25, -0.2) is 4.98 Å². The molecule has 1 aromatic carbocycles. The third-order valence-electron chi connectivity index (χ3n) is 1.85. The molecule has 3 nitrogen and oxygen atoms in total. The number of nitrogens with two attached hydrogens (primary N) is 2. The van der Waals surface area contributed by atoms with Crippen molar-refractivity contribution < 1.29 is 0 Å².